The molecule has 0 saturated carbocycles. The number of cyclic esters (lactones) is 1. The summed E-state index contributed by atoms with van der Waals surface area (Å²) >= 11 is 0. The number of carbonyl (C=O) groups is 1. The quantitative estimate of drug-likeness (QED) is 0.460. The van der Waals surface area contributed by atoms with Gasteiger partial charge in [-0.2, -0.15) is 0 Å². The molecule has 1 fully saturated rings. The second-order valence-corrected chi connectivity index (χ2v) is 2.71. The first-order valence-electron chi connectivity index (χ1n) is 3.39. The van der Waals surface area contributed by atoms with Crippen molar-refractivity contribution in [2.45, 2.75) is 32.8 Å². The molecule has 1 rings (SSSR count). The highest BCUT2D eigenvalue weighted by Crippen LogP contribution is 2.19. The third-order valence-electron chi connectivity index (χ3n) is 1.92. The molecule has 0 bridgehead atoms. The summed E-state index contributed by atoms with van der Waals surface area (Å²) in [6.45, 7) is 4.05. The summed E-state index contributed by atoms with van der Waals surface area (Å²) in [7, 11) is 0. The lowest BCUT2D eigenvalue weighted by atomic mass is 9.98. The van der Waals surface area contributed by atoms with Crippen molar-refractivity contribution in [3.63, 3.8) is 0 Å². The van der Waals surface area contributed by atoms with E-state index in [1.165, 1.54) is 0 Å². The molecule has 0 aromatic carbocycles. The van der Waals surface area contributed by atoms with Gasteiger partial charge in [-0.15, -0.1) is 0 Å². The van der Waals surface area contributed by atoms with Crippen LogP contribution in [0.5, 0.6) is 0 Å². The van der Waals surface area contributed by atoms with E-state index in [4.69, 9.17) is 4.74 Å². The molecule has 0 amide bonds. The molecule has 1 aliphatic heterocycles. The summed E-state index contributed by atoms with van der Waals surface area (Å²) in [5.74, 6) is 0.503. The van der Waals surface area contributed by atoms with E-state index in [0.29, 0.717) is 12.3 Å². The molecule has 9 heavy (non-hydrogen) atoms. The monoisotopic (exact) mass is 128 g/mol. The van der Waals surface area contributed by atoms with Gasteiger partial charge in [-0.05, 0) is 19.3 Å². The number of rotatable bonds is 0. The Kier molecular flexibility index (Phi) is 1.74. The van der Waals surface area contributed by atoms with Gasteiger partial charge in [0.25, 0.3) is 0 Å². The summed E-state index contributed by atoms with van der Waals surface area (Å²) < 4.78 is 4.96. The maximum atomic E-state index is 10.6. The van der Waals surface area contributed by atoms with E-state index in [0.717, 1.165) is 6.42 Å². The van der Waals surface area contributed by atoms with E-state index in [1.54, 1.807) is 0 Å². The lowest BCUT2D eigenvalue weighted by Crippen LogP contribution is -2.27. The fourth-order valence-corrected chi connectivity index (χ4v) is 0.963. The normalized spacial score (nSPS) is 36.0. The van der Waals surface area contributed by atoms with Gasteiger partial charge in [0.1, 0.15) is 6.10 Å². The van der Waals surface area contributed by atoms with Crippen molar-refractivity contribution in [2.75, 3.05) is 0 Å². The molecule has 1 aliphatic rings. The minimum atomic E-state index is -0.0411. The molecule has 2 atom stereocenters. The van der Waals surface area contributed by atoms with Crippen molar-refractivity contribution in [1.82, 2.24) is 0 Å². The Morgan fingerprint density at radius 3 is 2.67 bits per heavy atom. The minimum absolute atomic E-state index is 0.0411. The van der Waals surface area contributed by atoms with Crippen LogP contribution in [0.1, 0.15) is 26.7 Å². The van der Waals surface area contributed by atoms with Crippen molar-refractivity contribution in [3.8, 4) is 0 Å². The molecule has 2 heteroatoms. The van der Waals surface area contributed by atoms with Gasteiger partial charge in [-0.1, -0.05) is 6.92 Å². The Morgan fingerprint density at radius 1 is 1.56 bits per heavy atom. The number of ether oxygens (including phenoxy) is 1. The molecule has 0 spiro atoms. The highest BCUT2D eigenvalue weighted by molar-refractivity contribution is 5.70. The number of hydrogen-bond acceptors (Lipinski definition) is 2. The fraction of sp³-hybridized carbons (Fsp3) is 0.857. The van der Waals surface area contributed by atoms with Gasteiger partial charge < -0.3 is 4.74 Å². The smallest absolute Gasteiger partial charge is 0.306 e. The first-order chi connectivity index (χ1) is 4.20. The Hall–Kier alpha value is -0.530. The van der Waals surface area contributed by atoms with Crippen molar-refractivity contribution >= 4 is 5.97 Å². The van der Waals surface area contributed by atoms with Crippen molar-refractivity contribution in [1.29, 1.82) is 0 Å². The summed E-state index contributed by atoms with van der Waals surface area (Å²) in [6.07, 6.45) is 1.72. The molecule has 1 saturated heterocycles. The molecule has 0 radical (unpaired) electrons. The van der Waals surface area contributed by atoms with E-state index in [2.05, 4.69) is 6.92 Å². The van der Waals surface area contributed by atoms with Crippen molar-refractivity contribution in [3.05, 3.63) is 0 Å². The molecule has 1 heterocycles. The predicted molar refractivity (Wildman–Crippen MR) is 34.0 cm³/mol. The standard InChI is InChI=1S/C7H12O2/c1-5-3-4-7(8)9-6(5)2/h5-6H,3-4H2,1-2H3/t5-,6+/m0/s1. The minimum Gasteiger partial charge on any atom is -0.462 e. The second-order valence-electron chi connectivity index (χ2n) is 2.71. The van der Waals surface area contributed by atoms with Crippen LogP contribution in [-0.4, -0.2) is 12.1 Å². The van der Waals surface area contributed by atoms with E-state index < -0.39 is 0 Å². The summed E-state index contributed by atoms with van der Waals surface area (Å²) in [5, 5.41) is 0. The molecule has 0 unspecified atom stereocenters. The molecule has 52 valence electrons. The summed E-state index contributed by atoms with van der Waals surface area (Å²) in [5.41, 5.74) is 0. The summed E-state index contributed by atoms with van der Waals surface area (Å²) in [4.78, 5) is 10.6. The zero-order valence-electron chi connectivity index (χ0n) is 5.89. The van der Waals surface area contributed by atoms with Crippen molar-refractivity contribution < 1.29 is 9.53 Å². The topological polar surface area (TPSA) is 26.3 Å². The molecule has 0 aromatic heterocycles. The van der Waals surface area contributed by atoms with Crippen LogP contribution >= 0.6 is 0 Å². The Balaban J connectivity index is 2.44. The van der Waals surface area contributed by atoms with Gasteiger partial charge in [0.05, 0.1) is 0 Å². The maximum Gasteiger partial charge on any atom is 0.306 e. The highest BCUT2D eigenvalue weighted by atomic mass is 16.5. The zero-order chi connectivity index (χ0) is 6.85. The van der Waals surface area contributed by atoms with Crippen LogP contribution in [0.15, 0.2) is 0 Å². The first-order valence-corrected chi connectivity index (χ1v) is 3.39. The predicted octanol–water partition coefficient (Wildman–Crippen LogP) is 1.35. The first kappa shape index (κ1) is 6.59. The van der Waals surface area contributed by atoms with E-state index >= 15 is 0 Å². The van der Waals surface area contributed by atoms with Gasteiger partial charge in [0, 0.05) is 6.42 Å². The van der Waals surface area contributed by atoms with Gasteiger partial charge in [0.15, 0.2) is 0 Å². The van der Waals surface area contributed by atoms with E-state index in [-0.39, 0.29) is 12.1 Å². The van der Waals surface area contributed by atoms with Gasteiger partial charge in [0.2, 0.25) is 0 Å². The molecule has 2 nitrogen and oxygen atoms in total. The van der Waals surface area contributed by atoms with E-state index in [9.17, 15) is 4.79 Å². The van der Waals surface area contributed by atoms with Crippen molar-refractivity contribution in [2.24, 2.45) is 5.92 Å². The van der Waals surface area contributed by atoms with Crippen LogP contribution in [-0.2, 0) is 9.53 Å². The Morgan fingerprint density at radius 2 is 2.22 bits per heavy atom. The van der Waals surface area contributed by atoms with Crippen LogP contribution in [0, 0.1) is 5.92 Å². The Bertz CT molecular complexity index is 120. The summed E-state index contributed by atoms with van der Waals surface area (Å²) in [6, 6.07) is 0. The molecule has 0 aromatic rings. The van der Waals surface area contributed by atoms with Crippen LogP contribution in [0.3, 0.4) is 0 Å². The zero-order valence-corrected chi connectivity index (χ0v) is 5.89. The molecular weight excluding hydrogens is 116 g/mol. The van der Waals surface area contributed by atoms with Crippen LogP contribution in [0.2, 0.25) is 0 Å². The molecule has 0 aliphatic carbocycles. The van der Waals surface area contributed by atoms with Crippen LogP contribution in [0.4, 0.5) is 0 Å². The lowest BCUT2D eigenvalue weighted by molar-refractivity contribution is -0.156. The fourth-order valence-electron chi connectivity index (χ4n) is 0.963. The van der Waals surface area contributed by atoms with Gasteiger partial charge in [-0.3, -0.25) is 4.79 Å². The largest absolute Gasteiger partial charge is 0.462 e. The van der Waals surface area contributed by atoms with Gasteiger partial charge >= 0.3 is 5.97 Å². The SMILES string of the molecule is C[C@H]1CCC(=O)O[C@@H]1C. The average Bonchev–Trinajstić information content (AvgIpc) is 1.80. The highest BCUT2D eigenvalue weighted by Gasteiger charge is 2.22. The maximum absolute atomic E-state index is 10.6. The van der Waals surface area contributed by atoms with E-state index in [1.807, 2.05) is 6.92 Å². The average molecular weight is 128 g/mol. The molecule has 0 N–H and O–H groups in total. The van der Waals surface area contributed by atoms with Gasteiger partial charge in [-0.25, -0.2) is 0 Å². The third-order valence-corrected chi connectivity index (χ3v) is 1.92. The van der Waals surface area contributed by atoms with Crippen LogP contribution in [0.25, 0.3) is 0 Å². The lowest BCUT2D eigenvalue weighted by Gasteiger charge is -2.24. The second kappa shape index (κ2) is 2.38. The van der Waals surface area contributed by atoms with Crippen LogP contribution < -0.4 is 0 Å². The molecular formula is C7H12O2. The number of carbonyl (C=O) groups excluding carboxylic acids is 1. The Labute approximate surface area is 55.2 Å². The number of hydrogen-bond donors (Lipinski definition) is 0. The third kappa shape index (κ3) is 1.44. The number of esters is 1.